The molecule has 2 heterocycles. The zero-order chi connectivity index (χ0) is 18.8. The lowest BCUT2D eigenvalue weighted by Gasteiger charge is -2.10. The summed E-state index contributed by atoms with van der Waals surface area (Å²) in [6.45, 7) is 2.84. The number of aromatic nitrogens is 1. The van der Waals surface area contributed by atoms with Crippen molar-refractivity contribution in [3.8, 4) is 16.9 Å². The molecule has 4 rings (SSSR count). The van der Waals surface area contributed by atoms with Gasteiger partial charge in [-0.15, -0.1) is 0 Å². The highest BCUT2D eigenvalue weighted by Gasteiger charge is 2.27. The number of carbonyl (C=O) groups excluding carboxylic acids is 1. The zero-order valence-corrected chi connectivity index (χ0v) is 15.5. The van der Waals surface area contributed by atoms with Gasteiger partial charge in [-0.3, -0.25) is 9.79 Å². The van der Waals surface area contributed by atoms with Gasteiger partial charge in [0.2, 0.25) is 0 Å². The van der Waals surface area contributed by atoms with E-state index in [1.54, 1.807) is 13.3 Å². The summed E-state index contributed by atoms with van der Waals surface area (Å²) in [5.41, 5.74) is 5.27. The number of aliphatic imine (C=N–C) groups is 1. The van der Waals surface area contributed by atoms with Crippen molar-refractivity contribution in [3.05, 3.63) is 53.7 Å². The lowest BCUT2D eigenvalue weighted by atomic mass is 9.98. The molecule has 5 nitrogen and oxygen atoms in total. The molecule has 0 saturated heterocycles. The van der Waals surface area contributed by atoms with Crippen molar-refractivity contribution in [2.24, 2.45) is 4.99 Å². The number of carbonyl (C=O) groups is 1. The first-order chi connectivity index (χ1) is 13.2. The number of ether oxygens (including phenoxy) is 2. The number of hydrogen-bond donors (Lipinski definition) is 1. The Morgan fingerprint density at radius 3 is 2.89 bits per heavy atom. The summed E-state index contributed by atoms with van der Waals surface area (Å²) in [6.07, 6.45) is 2.51. The Kier molecular flexibility index (Phi) is 4.67. The second kappa shape index (κ2) is 7.27. The average molecular weight is 362 g/mol. The summed E-state index contributed by atoms with van der Waals surface area (Å²) in [6, 6.07) is 14.3. The van der Waals surface area contributed by atoms with E-state index in [4.69, 9.17) is 9.47 Å². The van der Waals surface area contributed by atoms with Gasteiger partial charge >= 0.3 is 5.97 Å². The van der Waals surface area contributed by atoms with Gasteiger partial charge in [-0.05, 0) is 54.3 Å². The van der Waals surface area contributed by atoms with Gasteiger partial charge < -0.3 is 14.5 Å². The Morgan fingerprint density at radius 1 is 1.22 bits per heavy atom. The number of hydrogen-bond acceptors (Lipinski definition) is 4. The summed E-state index contributed by atoms with van der Waals surface area (Å²) in [7, 11) is 1.67. The van der Waals surface area contributed by atoms with Gasteiger partial charge in [0, 0.05) is 29.4 Å². The molecule has 0 radical (unpaired) electrons. The molecule has 27 heavy (non-hydrogen) atoms. The van der Waals surface area contributed by atoms with Gasteiger partial charge in [-0.25, -0.2) is 0 Å². The maximum absolute atomic E-state index is 12.4. The smallest absolute Gasteiger partial charge is 0.320 e. The number of esters is 1. The molecule has 1 unspecified atom stereocenters. The molecule has 0 spiro atoms. The monoisotopic (exact) mass is 362 g/mol. The Morgan fingerprint density at radius 2 is 2.07 bits per heavy atom. The second-order valence-corrected chi connectivity index (χ2v) is 6.54. The standard InChI is InChI=1S/C22H22N2O3/c1-3-27-22(25)19-13-23-10-9-17-18-12-15(7-8-20(18)24-21(17)19)14-5-4-6-16(11-14)26-2/h4-8,11-13,19,24H,3,9-10H2,1-2H3. The predicted octanol–water partition coefficient (Wildman–Crippen LogP) is 4.12. The fourth-order valence-electron chi connectivity index (χ4n) is 3.63. The number of nitrogens with zero attached hydrogens (tertiary/aromatic N) is 1. The molecule has 2 aromatic carbocycles. The van der Waals surface area contributed by atoms with E-state index in [1.165, 1.54) is 0 Å². The van der Waals surface area contributed by atoms with Crippen molar-refractivity contribution in [2.45, 2.75) is 19.3 Å². The third-order valence-corrected chi connectivity index (χ3v) is 4.94. The largest absolute Gasteiger partial charge is 0.497 e. The van der Waals surface area contributed by atoms with Crippen LogP contribution in [0.5, 0.6) is 5.75 Å². The highest BCUT2D eigenvalue weighted by atomic mass is 16.5. The van der Waals surface area contributed by atoms with Crippen molar-refractivity contribution in [1.29, 1.82) is 0 Å². The Balaban J connectivity index is 1.81. The van der Waals surface area contributed by atoms with Gasteiger partial charge in [-0.1, -0.05) is 18.2 Å². The lowest BCUT2D eigenvalue weighted by molar-refractivity contribution is -0.143. The lowest BCUT2D eigenvalue weighted by Crippen LogP contribution is -2.18. The summed E-state index contributed by atoms with van der Waals surface area (Å²) in [5, 5.41) is 1.13. The predicted molar refractivity (Wildman–Crippen MR) is 107 cm³/mol. The maximum atomic E-state index is 12.4. The van der Waals surface area contributed by atoms with Gasteiger partial charge in [0.05, 0.1) is 13.7 Å². The molecular weight excluding hydrogens is 340 g/mol. The van der Waals surface area contributed by atoms with Crippen LogP contribution in [0.2, 0.25) is 0 Å². The molecule has 0 amide bonds. The molecule has 0 aliphatic carbocycles. The normalized spacial score (nSPS) is 16.0. The number of rotatable bonds is 4. The van der Waals surface area contributed by atoms with E-state index in [0.717, 1.165) is 45.5 Å². The zero-order valence-electron chi connectivity index (χ0n) is 15.5. The van der Waals surface area contributed by atoms with Crippen molar-refractivity contribution >= 4 is 23.1 Å². The molecule has 1 atom stereocenters. The number of H-pyrrole nitrogens is 1. The molecule has 0 fully saturated rings. The van der Waals surface area contributed by atoms with Crippen molar-refractivity contribution in [3.63, 3.8) is 0 Å². The minimum atomic E-state index is -0.477. The van der Waals surface area contributed by atoms with Crippen LogP contribution in [-0.4, -0.2) is 37.4 Å². The Labute approximate surface area is 158 Å². The van der Waals surface area contributed by atoms with Crippen LogP contribution >= 0.6 is 0 Å². The van der Waals surface area contributed by atoms with Crippen LogP contribution in [0, 0.1) is 0 Å². The minimum Gasteiger partial charge on any atom is -0.497 e. The number of aromatic amines is 1. The second-order valence-electron chi connectivity index (χ2n) is 6.54. The van der Waals surface area contributed by atoms with Crippen LogP contribution in [0.3, 0.4) is 0 Å². The number of benzene rings is 2. The fraction of sp³-hybridized carbons (Fsp3) is 0.273. The fourth-order valence-corrected chi connectivity index (χ4v) is 3.63. The SMILES string of the molecule is CCOC(=O)C1C=NCCc2c1[nH]c1ccc(-c3cccc(OC)c3)cc21. The highest BCUT2D eigenvalue weighted by molar-refractivity contribution is 5.99. The van der Waals surface area contributed by atoms with Gasteiger partial charge in [0.25, 0.3) is 0 Å². The number of nitrogens with one attached hydrogen (secondary N) is 1. The molecule has 0 bridgehead atoms. The van der Waals surface area contributed by atoms with E-state index in [9.17, 15) is 4.79 Å². The van der Waals surface area contributed by atoms with Crippen molar-refractivity contribution in [1.82, 2.24) is 4.98 Å². The van der Waals surface area contributed by atoms with Crippen LogP contribution in [0.15, 0.2) is 47.5 Å². The molecular formula is C22H22N2O3. The minimum absolute atomic E-state index is 0.260. The van der Waals surface area contributed by atoms with E-state index in [1.807, 2.05) is 25.1 Å². The maximum Gasteiger partial charge on any atom is 0.320 e. The van der Waals surface area contributed by atoms with E-state index in [0.29, 0.717) is 13.2 Å². The molecule has 0 saturated carbocycles. The molecule has 3 aromatic rings. The van der Waals surface area contributed by atoms with Crippen LogP contribution in [0.1, 0.15) is 24.1 Å². The summed E-state index contributed by atoms with van der Waals surface area (Å²) in [5.74, 6) is 0.0929. The number of fused-ring (bicyclic) bond motifs is 3. The summed E-state index contributed by atoms with van der Waals surface area (Å²) >= 11 is 0. The van der Waals surface area contributed by atoms with Crippen LogP contribution in [0.4, 0.5) is 0 Å². The van der Waals surface area contributed by atoms with E-state index in [2.05, 4.69) is 34.2 Å². The van der Waals surface area contributed by atoms with E-state index >= 15 is 0 Å². The third-order valence-electron chi connectivity index (χ3n) is 4.94. The topological polar surface area (TPSA) is 63.7 Å². The summed E-state index contributed by atoms with van der Waals surface area (Å²) in [4.78, 5) is 20.2. The molecule has 1 N–H and O–H groups in total. The van der Waals surface area contributed by atoms with Crippen LogP contribution in [0.25, 0.3) is 22.0 Å². The quantitative estimate of drug-likeness (QED) is 0.710. The average Bonchev–Trinajstić information content (AvgIpc) is 2.92. The third kappa shape index (κ3) is 3.21. The first kappa shape index (κ1) is 17.3. The Bertz CT molecular complexity index is 1020. The first-order valence-corrected chi connectivity index (χ1v) is 9.16. The van der Waals surface area contributed by atoms with E-state index < -0.39 is 5.92 Å². The van der Waals surface area contributed by atoms with Crippen molar-refractivity contribution in [2.75, 3.05) is 20.3 Å². The van der Waals surface area contributed by atoms with Gasteiger partial charge in [-0.2, -0.15) is 0 Å². The molecule has 1 aromatic heterocycles. The highest BCUT2D eigenvalue weighted by Crippen LogP contribution is 2.33. The first-order valence-electron chi connectivity index (χ1n) is 9.16. The van der Waals surface area contributed by atoms with Crippen LogP contribution < -0.4 is 4.74 Å². The Hall–Kier alpha value is -3.08. The molecule has 1 aliphatic rings. The molecule has 1 aliphatic heterocycles. The van der Waals surface area contributed by atoms with Crippen LogP contribution in [-0.2, 0) is 16.0 Å². The summed E-state index contributed by atoms with van der Waals surface area (Å²) < 4.78 is 10.6. The van der Waals surface area contributed by atoms with Gasteiger partial charge in [0.1, 0.15) is 11.7 Å². The van der Waals surface area contributed by atoms with E-state index in [-0.39, 0.29) is 5.97 Å². The molecule has 5 heteroatoms. The van der Waals surface area contributed by atoms with Gasteiger partial charge in [0.15, 0.2) is 0 Å². The van der Waals surface area contributed by atoms with Crippen molar-refractivity contribution < 1.29 is 14.3 Å². The number of methoxy groups -OCH3 is 1. The molecule has 138 valence electrons.